The molecule has 0 aliphatic carbocycles. The number of hydrogen-bond acceptors (Lipinski definition) is 5. The fourth-order valence-corrected chi connectivity index (χ4v) is 3.07. The van der Waals surface area contributed by atoms with Crippen LogP contribution in [0.3, 0.4) is 0 Å². The molecule has 0 bridgehead atoms. The molecule has 1 aliphatic heterocycles. The summed E-state index contributed by atoms with van der Waals surface area (Å²) < 4.78 is 6.31. The molecule has 0 atom stereocenters. The van der Waals surface area contributed by atoms with Gasteiger partial charge in [-0.15, -0.1) is 0 Å². The van der Waals surface area contributed by atoms with Gasteiger partial charge in [0.25, 0.3) is 0 Å². The fraction of sp³-hybridized carbons (Fsp3) is 0.375. The molecule has 1 aromatic carbocycles. The van der Waals surface area contributed by atoms with Crippen LogP contribution < -0.4 is 15.0 Å². The average molecular weight is 363 g/mol. The van der Waals surface area contributed by atoms with E-state index in [1.807, 2.05) is 18.2 Å². The molecule has 1 fully saturated rings. The second-order valence-electron chi connectivity index (χ2n) is 5.30. The number of nitrogens with zero attached hydrogens (tertiary/aromatic N) is 3. The van der Waals surface area contributed by atoms with Gasteiger partial charge in [0.1, 0.15) is 5.75 Å². The smallest absolute Gasteiger partial charge is 0.225 e. The zero-order valence-electron chi connectivity index (χ0n) is 12.5. The van der Waals surface area contributed by atoms with E-state index in [9.17, 15) is 0 Å². The van der Waals surface area contributed by atoms with Crippen molar-refractivity contribution in [3.05, 3.63) is 41.1 Å². The van der Waals surface area contributed by atoms with Gasteiger partial charge in [0, 0.05) is 43.3 Å². The SMILES string of the molecule is COc1cc(NC2CCN(c3ncccn3)CC2)ccc1Br. The molecule has 22 heavy (non-hydrogen) atoms. The van der Waals surface area contributed by atoms with Crippen molar-refractivity contribution in [1.29, 1.82) is 0 Å². The molecule has 116 valence electrons. The number of anilines is 2. The van der Waals surface area contributed by atoms with Gasteiger partial charge in [0.05, 0.1) is 11.6 Å². The molecule has 5 nitrogen and oxygen atoms in total. The molecule has 0 amide bonds. The molecule has 1 N–H and O–H groups in total. The van der Waals surface area contributed by atoms with Crippen LogP contribution in [0.1, 0.15) is 12.8 Å². The van der Waals surface area contributed by atoms with E-state index in [1.54, 1.807) is 19.5 Å². The van der Waals surface area contributed by atoms with Gasteiger partial charge < -0.3 is 15.0 Å². The standard InChI is InChI=1S/C16H19BrN4O/c1-22-15-11-13(3-4-14(15)17)20-12-5-9-21(10-6-12)16-18-7-2-8-19-16/h2-4,7-8,11-12,20H,5-6,9-10H2,1H3. The minimum Gasteiger partial charge on any atom is -0.495 e. The van der Waals surface area contributed by atoms with Crippen molar-refractivity contribution >= 4 is 27.6 Å². The van der Waals surface area contributed by atoms with Gasteiger partial charge in [-0.05, 0) is 47.0 Å². The molecule has 1 saturated heterocycles. The molecule has 1 aliphatic rings. The van der Waals surface area contributed by atoms with Crippen molar-refractivity contribution in [2.75, 3.05) is 30.4 Å². The van der Waals surface area contributed by atoms with E-state index in [4.69, 9.17) is 4.74 Å². The number of halogens is 1. The lowest BCUT2D eigenvalue weighted by Gasteiger charge is -2.32. The Bertz CT molecular complexity index is 615. The fourth-order valence-electron chi connectivity index (χ4n) is 2.66. The maximum Gasteiger partial charge on any atom is 0.225 e. The van der Waals surface area contributed by atoms with E-state index >= 15 is 0 Å². The molecular formula is C16H19BrN4O. The van der Waals surface area contributed by atoms with Crippen LogP contribution in [0.4, 0.5) is 11.6 Å². The number of nitrogens with one attached hydrogen (secondary N) is 1. The van der Waals surface area contributed by atoms with Gasteiger partial charge in [-0.3, -0.25) is 0 Å². The summed E-state index contributed by atoms with van der Waals surface area (Å²) in [5.74, 6) is 1.67. The van der Waals surface area contributed by atoms with Crippen molar-refractivity contribution in [2.45, 2.75) is 18.9 Å². The van der Waals surface area contributed by atoms with Crippen LogP contribution in [0.2, 0.25) is 0 Å². The van der Waals surface area contributed by atoms with Gasteiger partial charge in [-0.25, -0.2) is 9.97 Å². The number of aromatic nitrogens is 2. The van der Waals surface area contributed by atoms with Crippen LogP contribution in [-0.2, 0) is 0 Å². The van der Waals surface area contributed by atoms with Crippen molar-refractivity contribution in [3.8, 4) is 5.75 Å². The Morgan fingerprint density at radius 2 is 1.95 bits per heavy atom. The predicted octanol–water partition coefficient (Wildman–Crippen LogP) is 3.33. The second-order valence-corrected chi connectivity index (χ2v) is 6.16. The number of hydrogen-bond donors (Lipinski definition) is 1. The quantitative estimate of drug-likeness (QED) is 0.903. The van der Waals surface area contributed by atoms with Crippen molar-refractivity contribution in [1.82, 2.24) is 9.97 Å². The van der Waals surface area contributed by atoms with Crippen LogP contribution in [0.5, 0.6) is 5.75 Å². The third-order valence-corrected chi connectivity index (χ3v) is 4.51. The van der Waals surface area contributed by atoms with E-state index < -0.39 is 0 Å². The Kier molecular flexibility index (Phi) is 4.77. The van der Waals surface area contributed by atoms with E-state index in [0.717, 1.165) is 47.8 Å². The highest BCUT2D eigenvalue weighted by molar-refractivity contribution is 9.10. The third-order valence-electron chi connectivity index (χ3n) is 3.85. The first-order valence-corrected chi connectivity index (χ1v) is 8.17. The Morgan fingerprint density at radius 3 is 2.64 bits per heavy atom. The van der Waals surface area contributed by atoms with Gasteiger partial charge in [0.15, 0.2) is 0 Å². The lowest BCUT2D eigenvalue weighted by Crippen LogP contribution is -2.39. The maximum absolute atomic E-state index is 5.34. The summed E-state index contributed by atoms with van der Waals surface area (Å²) in [4.78, 5) is 10.9. The van der Waals surface area contributed by atoms with Crippen LogP contribution in [0.25, 0.3) is 0 Å². The predicted molar refractivity (Wildman–Crippen MR) is 91.6 cm³/mol. The van der Waals surface area contributed by atoms with Crippen LogP contribution in [0.15, 0.2) is 41.1 Å². The first-order chi connectivity index (χ1) is 10.8. The third kappa shape index (κ3) is 3.50. The monoisotopic (exact) mass is 362 g/mol. The highest BCUT2D eigenvalue weighted by atomic mass is 79.9. The van der Waals surface area contributed by atoms with Crippen molar-refractivity contribution in [2.24, 2.45) is 0 Å². The summed E-state index contributed by atoms with van der Waals surface area (Å²) >= 11 is 3.48. The zero-order chi connectivity index (χ0) is 15.4. The molecule has 2 aromatic rings. The molecule has 6 heteroatoms. The second kappa shape index (κ2) is 6.96. The normalized spacial score (nSPS) is 15.6. The molecule has 3 rings (SSSR count). The number of piperidine rings is 1. The van der Waals surface area contributed by atoms with Crippen molar-refractivity contribution in [3.63, 3.8) is 0 Å². The lowest BCUT2D eigenvalue weighted by atomic mass is 10.0. The summed E-state index contributed by atoms with van der Waals surface area (Å²) in [5, 5.41) is 3.59. The lowest BCUT2D eigenvalue weighted by molar-refractivity contribution is 0.412. The van der Waals surface area contributed by atoms with E-state index in [0.29, 0.717) is 6.04 Å². The summed E-state index contributed by atoms with van der Waals surface area (Å²) in [7, 11) is 1.68. The molecule has 1 aromatic heterocycles. The van der Waals surface area contributed by atoms with Crippen LogP contribution in [-0.4, -0.2) is 36.2 Å². The molecule has 2 heterocycles. The highest BCUT2D eigenvalue weighted by Crippen LogP contribution is 2.29. The molecule has 0 radical (unpaired) electrons. The van der Waals surface area contributed by atoms with E-state index in [1.165, 1.54) is 0 Å². The summed E-state index contributed by atoms with van der Waals surface area (Å²) in [5.41, 5.74) is 1.09. The van der Waals surface area contributed by atoms with Crippen molar-refractivity contribution < 1.29 is 4.74 Å². The Morgan fingerprint density at radius 1 is 1.23 bits per heavy atom. The number of methoxy groups -OCH3 is 1. The molecule has 0 saturated carbocycles. The average Bonchev–Trinajstić information content (AvgIpc) is 2.58. The topological polar surface area (TPSA) is 50.3 Å². The minimum atomic E-state index is 0.464. The van der Waals surface area contributed by atoms with Gasteiger partial charge in [-0.1, -0.05) is 0 Å². The Labute approximate surface area is 138 Å². The van der Waals surface area contributed by atoms with Gasteiger partial charge in [-0.2, -0.15) is 0 Å². The highest BCUT2D eigenvalue weighted by Gasteiger charge is 2.20. The van der Waals surface area contributed by atoms with E-state index in [2.05, 4.69) is 42.2 Å². The summed E-state index contributed by atoms with van der Waals surface area (Å²) in [6, 6.07) is 8.41. The van der Waals surface area contributed by atoms with Crippen LogP contribution in [0, 0.1) is 0 Å². The van der Waals surface area contributed by atoms with E-state index in [-0.39, 0.29) is 0 Å². The first kappa shape index (κ1) is 15.1. The van der Waals surface area contributed by atoms with Crippen LogP contribution >= 0.6 is 15.9 Å². The number of ether oxygens (including phenoxy) is 1. The Balaban J connectivity index is 1.58. The molecular weight excluding hydrogens is 344 g/mol. The number of benzene rings is 1. The molecule has 0 unspecified atom stereocenters. The minimum absolute atomic E-state index is 0.464. The summed E-state index contributed by atoms with van der Waals surface area (Å²) in [6.45, 7) is 1.94. The Hall–Kier alpha value is -1.82. The first-order valence-electron chi connectivity index (χ1n) is 7.38. The largest absolute Gasteiger partial charge is 0.495 e. The zero-order valence-corrected chi connectivity index (χ0v) is 14.1. The number of rotatable bonds is 4. The maximum atomic E-state index is 5.34. The summed E-state index contributed by atoms with van der Waals surface area (Å²) in [6.07, 6.45) is 5.72. The van der Waals surface area contributed by atoms with Gasteiger partial charge in [0.2, 0.25) is 5.95 Å². The molecule has 0 spiro atoms. The van der Waals surface area contributed by atoms with Gasteiger partial charge >= 0.3 is 0 Å².